The van der Waals surface area contributed by atoms with Crippen molar-refractivity contribution in [3.8, 4) is 11.3 Å². The molecule has 6 nitrogen and oxygen atoms in total. The van der Waals surface area contributed by atoms with Crippen molar-refractivity contribution in [3.63, 3.8) is 0 Å². The number of benzene rings is 2. The summed E-state index contributed by atoms with van der Waals surface area (Å²) in [5.41, 5.74) is 7.26. The zero-order chi connectivity index (χ0) is 19.5. The minimum atomic E-state index is -0.550. The van der Waals surface area contributed by atoms with Gasteiger partial charge < -0.3 is 9.40 Å². The largest absolute Gasteiger partial charge is 0.451 e. The SMILES string of the molecule is O=C(Cc1c[nH]c2ccccc12)NNC(=O)c1ccc(-c2ccccc2Cl)o1. The highest BCUT2D eigenvalue weighted by atomic mass is 35.5. The van der Waals surface area contributed by atoms with Gasteiger partial charge in [0.05, 0.1) is 11.4 Å². The maximum absolute atomic E-state index is 12.2. The van der Waals surface area contributed by atoms with Gasteiger partial charge in [-0.1, -0.05) is 41.9 Å². The number of hydrazine groups is 1. The quantitative estimate of drug-likeness (QED) is 0.456. The summed E-state index contributed by atoms with van der Waals surface area (Å²) in [6.45, 7) is 0. The maximum Gasteiger partial charge on any atom is 0.305 e. The molecule has 0 bridgehead atoms. The molecule has 0 radical (unpaired) electrons. The predicted molar refractivity (Wildman–Crippen MR) is 107 cm³/mol. The second kappa shape index (κ2) is 7.62. The molecule has 0 saturated heterocycles. The number of furan rings is 1. The number of hydrogen-bond acceptors (Lipinski definition) is 3. The smallest absolute Gasteiger partial charge is 0.305 e. The van der Waals surface area contributed by atoms with E-state index in [-0.39, 0.29) is 18.1 Å². The molecule has 4 rings (SSSR count). The molecule has 0 aliphatic heterocycles. The van der Waals surface area contributed by atoms with Crippen molar-refractivity contribution >= 4 is 34.3 Å². The Morgan fingerprint density at radius 3 is 2.61 bits per heavy atom. The van der Waals surface area contributed by atoms with Gasteiger partial charge in [-0.05, 0) is 35.9 Å². The molecule has 0 unspecified atom stereocenters. The predicted octanol–water partition coefficient (Wildman–Crippen LogP) is 4.09. The second-order valence-corrected chi connectivity index (χ2v) is 6.59. The van der Waals surface area contributed by atoms with E-state index in [1.807, 2.05) is 36.4 Å². The second-order valence-electron chi connectivity index (χ2n) is 6.18. The number of aromatic amines is 1. The van der Waals surface area contributed by atoms with Gasteiger partial charge in [0.25, 0.3) is 0 Å². The van der Waals surface area contributed by atoms with Crippen LogP contribution in [0.1, 0.15) is 16.1 Å². The first-order chi connectivity index (χ1) is 13.6. The Kier molecular flexibility index (Phi) is 4.87. The number of carbonyl (C=O) groups excluding carboxylic acids is 2. The summed E-state index contributed by atoms with van der Waals surface area (Å²) < 4.78 is 5.56. The fourth-order valence-corrected chi connectivity index (χ4v) is 3.18. The van der Waals surface area contributed by atoms with E-state index < -0.39 is 5.91 Å². The summed E-state index contributed by atoms with van der Waals surface area (Å²) in [5, 5.41) is 1.50. The fourth-order valence-electron chi connectivity index (χ4n) is 2.95. The molecular weight excluding hydrogens is 378 g/mol. The van der Waals surface area contributed by atoms with Gasteiger partial charge in [0, 0.05) is 22.7 Å². The van der Waals surface area contributed by atoms with Crippen LogP contribution in [0.3, 0.4) is 0 Å². The minimum absolute atomic E-state index is 0.0716. The van der Waals surface area contributed by atoms with E-state index >= 15 is 0 Å². The normalized spacial score (nSPS) is 10.8. The maximum atomic E-state index is 12.2. The number of H-pyrrole nitrogens is 1. The minimum Gasteiger partial charge on any atom is -0.451 e. The van der Waals surface area contributed by atoms with Crippen LogP contribution < -0.4 is 10.9 Å². The van der Waals surface area contributed by atoms with Gasteiger partial charge in [0.15, 0.2) is 5.76 Å². The number of para-hydroxylation sites is 1. The fraction of sp³-hybridized carbons (Fsp3) is 0.0476. The number of nitrogens with one attached hydrogen (secondary N) is 3. The Morgan fingerprint density at radius 1 is 0.964 bits per heavy atom. The Labute approximate surface area is 165 Å². The Bertz CT molecular complexity index is 1160. The van der Waals surface area contributed by atoms with Crippen LogP contribution >= 0.6 is 11.6 Å². The van der Waals surface area contributed by atoms with Crippen LogP contribution in [0.2, 0.25) is 5.02 Å². The first kappa shape index (κ1) is 17.9. The average molecular weight is 394 g/mol. The molecule has 0 spiro atoms. The first-order valence-corrected chi connectivity index (χ1v) is 8.98. The van der Waals surface area contributed by atoms with E-state index in [0.29, 0.717) is 16.3 Å². The van der Waals surface area contributed by atoms with Crippen LogP contribution in [0.5, 0.6) is 0 Å². The molecule has 0 aliphatic carbocycles. The van der Waals surface area contributed by atoms with E-state index in [1.165, 1.54) is 6.07 Å². The van der Waals surface area contributed by atoms with E-state index in [1.54, 1.807) is 24.4 Å². The van der Waals surface area contributed by atoms with Gasteiger partial charge >= 0.3 is 5.91 Å². The standard InChI is InChI=1S/C21H16ClN3O3/c22-16-7-3-1-6-15(16)18-9-10-19(28-18)21(27)25-24-20(26)11-13-12-23-17-8-4-2-5-14(13)17/h1-10,12,23H,11H2,(H,24,26)(H,25,27). The molecule has 2 heterocycles. The molecule has 0 atom stereocenters. The molecule has 2 aromatic carbocycles. The van der Waals surface area contributed by atoms with Crippen molar-refractivity contribution in [1.29, 1.82) is 0 Å². The molecule has 0 saturated carbocycles. The van der Waals surface area contributed by atoms with Crippen LogP contribution in [0.4, 0.5) is 0 Å². The lowest BCUT2D eigenvalue weighted by molar-refractivity contribution is -0.121. The summed E-state index contributed by atoms with van der Waals surface area (Å²) in [7, 11) is 0. The number of carbonyl (C=O) groups is 2. The lowest BCUT2D eigenvalue weighted by Crippen LogP contribution is -2.42. The highest BCUT2D eigenvalue weighted by Crippen LogP contribution is 2.28. The zero-order valence-electron chi connectivity index (χ0n) is 14.7. The summed E-state index contributed by atoms with van der Waals surface area (Å²) in [4.78, 5) is 27.5. The molecule has 0 fully saturated rings. The summed E-state index contributed by atoms with van der Waals surface area (Å²) >= 11 is 6.14. The Balaban J connectivity index is 1.38. The number of fused-ring (bicyclic) bond motifs is 1. The van der Waals surface area contributed by atoms with Crippen molar-refractivity contribution < 1.29 is 14.0 Å². The number of amides is 2. The first-order valence-electron chi connectivity index (χ1n) is 8.61. The molecular formula is C21H16ClN3O3. The molecule has 2 aromatic heterocycles. The number of rotatable bonds is 4. The Morgan fingerprint density at radius 2 is 1.75 bits per heavy atom. The van der Waals surface area contributed by atoms with Gasteiger partial charge in [-0.15, -0.1) is 0 Å². The van der Waals surface area contributed by atoms with Crippen molar-refractivity contribution in [2.24, 2.45) is 0 Å². The molecule has 140 valence electrons. The number of halogens is 1. The molecule has 3 N–H and O–H groups in total. The number of hydrogen-bond donors (Lipinski definition) is 3. The topological polar surface area (TPSA) is 87.1 Å². The molecule has 0 aliphatic rings. The average Bonchev–Trinajstić information content (AvgIpc) is 3.34. The molecule has 28 heavy (non-hydrogen) atoms. The van der Waals surface area contributed by atoms with Crippen LogP contribution in [0.15, 0.2) is 71.3 Å². The Hall–Kier alpha value is -3.51. The lowest BCUT2D eigenvalue weighted by Gasteiger charge is -2.06. The summed E-state index contributed by atoms with van der Waals surface area (Å²) in [5.74, 6) is -0.343. The van der Waals surface area contributed by atoms with Crippen molar-refractivity contribution in [1.82, 2.24) is 15.8 Å². The van der Waals surface area contributed by atoms with Crippen molar-refractivity contribution in [2.75, 3.05) is 0 Å². The third-order valence-electron chi connectivity index (χ3n) is 4.31. The van der Waals surface area contributed by atoms with Crippen molar-refractivity contribution in [2.45, 2.75) is 6.42 Å². The van der Waals surface area contributed by atoms with Gasteiger partial charge in [-0.2, -0.15) is 0 Å². The highest BCUT2D eigenvalue weighted by Gasteiger charge is 2.15. The van der Waals surface area contributed by atoms with Crippen LogP contribution in [-0.4, -0.2) is 16.8 Å². The van der Waals surface area contributed by atoms with E-state index in [2.05, 4.69) is 15.8 Å². The van der Waals surface area contributed by atoms with Gasteiger partial charge in [0.2, 0.25) is 5.91 Å². The zero-order valence-corrected chi connectivity index (χ0v) is 15.4. The third kappa shape index (κ3) is 3.63. The summed E-state index contributed by atoms with van der Waals surface area (Å²) in [6, 6.07) is 18.1. The molecule has 7 heteroatoms. The monoisotopic (exact) mass is 393 g/mol. The van der Waals surface area contributed by atoms with Gasteiger partial charge in [0.1, 0.15) is 5.76 Å². The lowest BCUT2D eigenvalue weighted by atomic mass is 10.1. The van der Waals surface area contributed by atoms with E-state index in [9.17, 15) is 9.59 Å². The van der Waals surface area contributed by atoms with Gasteiger partial charge in [-0.25, -0.2) is 0 Å². The van der Waals surface area contributed by atoms with Crippen LogP contribution in [0, 0.1) is 0 Å². The number of aromatic nitrogens is 1. The highest BCUT2D eigenvalue weighted by molar-refractivity contribution is 6.33. The van der Waals surface area contributed by atoms with E-state index in [0.717, 1.165) is 16.5 Å². The van der Waals surface area contributed by atoms with Crippen molar-refractivity contribution in [3.05, 3.63) is 83.2 Å². The molecule has 4 aromatic rings. The van der Waals surface area contributed by atoms with Crippen LogP contribution in [-0.2, 0) is 11.2 Å². The molecule has 2 amide bonds. The van der Waals surface area contributed by atoms with Crippen LogP contribution in [0.25, 0.3) is 22.2 Å². The van der Waals surface area contributed by atoms with Gasteiger partial charge in [-0.3, -0.25) is 20.4 Å². The third-order valence-corrected chi connectivity index (χ3v) is 4.64. The summed E-state index contributed by atoms with van der Waals surface area (Å²) in [6.07, 6.45) is 1.92. The van der Waals surface area contributed by atoms with E-state index in [4.69, 9.17) is 16.0 Å².